The molecule has 1 aromatic carbocycles. The minimum Gasteiger partial charge on any atom is -0.352 e. The number of thiophene rings is 1. The molecule has 2 amide bonds. The molecule has 0 aliphatic rings. The van der Waals surface area contributed by atoms with Crippen LogP contribution in [0.5, 0.6) is 0 Å². The molecule has 1 aromatic heterocycles. The Hall–Kier alpha value is -2.28. The first-order chi connectivity index (χ1) is 10.6. The molecule has 2 aromatic rings. The van der Waals surface area contributed by atoms with Crippen molar-refractivity contribution in [3.05, 3.63) is 57.8 Å². The second-order valence-electron chi connectivity index (χ2n) is 4.47. The van der Waals surface area contributed by atoms with Crippen LogP contribution in [0, 0.1) is 11.6 Å². The third kappa shape index (κ3) is 4.36. The molecule has 116 valence electrons. The summed E-state index contributed by atoms with van der Waals surface area (Å²) >= 11 is 1.35. The van der Waals surface area contributed by atoms with Crippen LogP contribution < -0.4 is 10.6 Å². The maximum Gasteiger partial charge on any atom is 0.261 e. The zero-order valence-electron chi connectivity index (χ0n) is 11.6. The predicted molar refractivity (Wildman–Crippen MR) is 80.0 cm³/mol. The molecule has 0 spiro atoms. The Bertz CT molecular complexity index is 660. The molecule has 0 fully saturated rings. The molecule has 0 atom stereocenters. The third-order valence-corrected chi connectivity index (χ3v) is 3.71. The van der Waals surface area contributed by atoms with Crippen LogP contribution in [0.1, 0.15) is 26.5 Å². The molecule has 22 heavy (non-hydrogen) atoms. The molecule has 2 N–H and O–H groups in total. The Balaban J connectivity index is 1.70. The van der Waals surface area contributed by atoms with Crippen LogP contribution in [0.15, 0.2) is 35.7 Å². The lowest BCUT2D eigenvalue weighted by molar-refractivity contribution is 0.0949. The van der Waals surface area contributed by atoms with E-state index in [0.717, 1.165) is 12.1 Å². The number of carbonyl (C=O) groups excluding carboxylic acids is 2. The third-order valence-electron chi connectivity index (χ3n) is 2.85. The minimum absolute atomic E-state index is 0.161. The van der Waals surface area contributed by atoms with Crippen LogP contribution in [0.25, 0.3) is 0 Å². The maximum absolute atomic E-state index is 13.4. The zero-order valence-corrected chi connectivity index (χ0v) is 12.4. The molecule has 1 heterocycles. The highest BCUT2D eigenvalue weighted by Crippen LogP contribution is 2.09. The molecule has 7 heteroatoms. The van der Waals surface area contributed by atoms with E-state index in [1.807, 2.05) is 5.38 Å². The Morgan fingerprint density at radius 1 is 1.05 bits per heavy atom. The van der Waals surface area contributed by atoms with Crippen molar-refractivity contribution in [2.24, 2.45) is 0 Å². The van der Waals surface area contributed by atoms with Gasteiger partial charge in [0.05, 0.1) is 10.4 Å². The maximum atomic E-state index is 13.4. The summed E-state index contributed by atoms with van der Waals surface area (Å²) < 4.78 is 26.1. The number of hydrogen-bond donors (Lipinski definition) is 2. The lowest BCUT2D eigenvalue weighted by Gasteiger charge is -2.07. The van der Waals surface area contributed by atoms with E-state index in [9.17, 15) is 18.4 Å². The molecule has 2 rings (SSSR count). The van der Waals surface area contributed by atoms with Gasteiger partial charge in [-0.3, -0.25) is 9.59 Å². The number of rotatable bonds is 6. The normalized spacial score (nSPS) is 10.3. The first-order valence-electron chi connectivity index (χ1n) is 6.63. The van der Waals surface area contributed by atoms with Gasteiger partial charge in [0, 0.05) is 19.2 Å². The van der Waals surface area contributed by atoms with Crippen molar-refractivity contribution in [3.63, 3.8) is 0 Å². The van der Waals surface area contributed by atoms with E-state index in [2.05, 4.69) is 10.6 Å². The van der Waals surface area contributed by atoms with Crippen molar-refractivity contribution in [1.82, 2.24) is 10.6 Å². The highest BCUT2D eigenvalue weighted by atomic mass is 32.1. The number of amides is 2. The molecule has 0 radical (unpaired) electrons. The Labute approximate surface area is 130 Å². The van der Waals surface area contributed by atoms with Gasteiger partial charge in [-0.2, -0.15) is 0 Å². The monoisotopic (exact) mass is 324 g/mol. The molecule has 0 aliphatic carbocycles. The van der Waals surface area contributed by atoms with E-state index in [-0.39, 0.29) is 18.0 Å². The van der Waals surface area contributed by atoms with Crippen LogP contribution in [-0.4, -0.2) is 24.9 Å². The van der Waals surface area contributed by atoms with Gasteiger partial charge in [0.15, 0.2) is 0 Å². The molecule has 4 nitrogen and oxygen atoms in total. The summed E-state index contributed by atoms with van der Waals surface area (Å²) in [6, 6.07) is 6.30. The summed E-state index contributed by atoms with van der Waals surface area (Å²) in [6.45, 7) is 0.670. The predicted octanol–water partition coefficient (Wildman–Crippen LogP) is 2.58. The number of halogens is 2. The summed E-state index contributed by atoms with van der Waals surface area (Å²) in [5.74, 6) is -2.40. The first kappa shape index (κ1) is 16.1. The van der Waals surface area contributed by atoms with Crippen LogP contribution in [-0.2, 0) is 0 Å². The minimum atomic E-state index is -0.900. The van der Waals surface area contributed by atoms with Gasteiger partial charge in [-0.25, -0.2) is 8.78 Å². The topological polar surface area (TPSA) is 58.2 Å². The Kier molecular flexibility index (Phi) is 5.60. The molecular weight excluding hydrogens is 310 g/mol. The van der Waals surface area contributed by atoms with Crippen molar-refractivity contribution >= 4 is 23.2 Å². The van der Waals surface area contributed by atoms with E-state index in [4.69, 9.17) is 0 Å². The van der Waals surface area contributed by atoms with Crippen LogP contribution in [0.2, 0.25) is 0 Å². The molecular formula is C15H14F2N2O2S. The number of nitrogens with one attached hydrogen (secondary N) is 2. The lowest BCUT2D eigenvalue weighted by Crippen LogP contribution is -2.30. The van der Waals surface area contributed by atoms with Crippen LogP contribution >= 0.6 is 11.3 Å². The Morgan fingerprint density at radius 3 is 2.41 bits per heavy atom. The zero-order chi connectivity index (χ0) is 15.9. The van der Waals surface area contributed by atoms with Crippen molar-refractivity contribution < 1.29 is 18.4 Å². The van der Waals surface area contributed by atoms with E-state index >= 15 is 0 Å². The second kappa shape index (κ2) is 7.65. The van der Waals surface area contributed by atoms with Gasteiger partial charge in [-0.15, -0.1) is 11.3 Å². The van der Waals surface area contributed by atoms with Crippen molar-refractivity contribution in [1.29, 1.82) is 0 Å². The van der Waals surface area contributed by atoms with E-state index in [1.54, 1.807) is 12.1 Å². The van der Waals surface area contributed by atoms with Crippen molar-refractivity contribution in [2.45, 2.75) is 6.42 Å². The fourth-order valence-corrected chi connectivity index (χ4v) is 2.40. The quantitative estimate of drug-likeness (QED) is 0.803. The number of carbonyl (C=O) groups is 2. The van der Waals surface area contributed by atoms with Crippen LogP contribution in [0.3, 0.4) is 0 Å². The van der Waals surface area contributed by atoms with Crippen LogP contribution in [0.4, 0.5) is 8.78 Å². The molecule has 0 saturated heterocycles. The number of benzene rings is 1. The van der Waals surface area contributed by atoms with Gasteiger partial charge in [-0.1, -0.05) is 6.07 Å². The van der Waals surface area contributed by atoms with Gasteiger partial charge in [0.25, 0.3) is 11.8 Å². The smallest absolute Gasteiger partial charge is 0.261 e. The summed E-state index contributed by atoms with van der Waals surface area (Å²) in [4.78, 5) is 24.0. The summed E-state index contributed by atoms with van der Waals surface area (Å²) in [7, 11) is 0. The summed E-state index contributed by atoms with van der Waals surface area (Å²) in [5.41, 5.74) is -0.205. The second-order valence-corrected chi connectivity index (χ2v) is 5.41. The summed E-state index contributed by atoms with van der Waals surface area (Å²) in [6.07, 6.45) is 0.506. The van der Waals surface area contributed by atoms with Crippen molar-refractivity contribution in [2.75, 3.05) is 13.1 Å². The summed E-state index contributed by atoms with van der Waals surface area (Å²) in [5, 5.41) is 7.04. The standard InChI is InChI=1S/C15H14F2N2O2S/c16-10-4-5-11(12(17)9-10)14(20)18-6-2-7-19-15(21)13-3-1-8-22-13/h1,3-5,8-9H,2,6-7H2,(H,18,20)(H,19,21). The highest BCUT2D eigenvalue weighted by Gasteiger charge is 2.11. The molecule has 0 aliphatic heterocycles. The largest absolute Gasteiger partial charge is 0.352 e. The fourth-order valence-electron chi connectivity index (χ4n) is 1.76. The van der Waals surface area contributed by atoms with E-state index in [1.165, 1.54) is 11.3 Å². The highest BCUT2D eigenvalue weighted by molar-refractivity contribution is 7.12. The van der Waals surface area contributed by atoms with Gasteiger partial charge < -0.3 is 10.6 Å². The SMILES string of the molecule is O=C(NCCCNC(=O)c1ccc(F)cc1F)c1cccs1. The van der Waals surface area contributed by atoms with Gasteiger partial charge in [0.1, 0.15) is 11.6 Å². The lowest BCUT2D eigenvalue weighted by atomic mass is 10.2. The van der Waals surface area contributed by atoms with Gasteiger partial charge in [-0.05, 0) is 30.0 Å². The number of hydrogen-bond acceptors (Lipinski definition) is 3. The first-order valence-corrected chi connectivity index (χ1v) is 7.51. The van der Waals surface area contributed by atoms with Gasteiger partial charge >= 0.3 is 0 Å². The molecule has 0 bridgehead atoms. The fraction of sp³-hybridized carbons (Fsp3) is 0.200. The van der Waals surface area contributed by atoms with E-state index in [0.29, 0.717) is 23.9 Å². The Morgan fingerprint density at radius 2 is 1.77 bits per heavy atom. The van der Waals surface area contributed by atoms with Crippen molar-refractivity contribution in [3.8, 4) is 0 Å². The average molecular weight is 324 g/mol. The molecule has 0 saturated carbocycles. The molecule has 0 unspecified atom stereocenters. The van der Waals surface area contributed by atoms with Gasteiger partial charge in [0.2, 0.25) is 0 Å². The van der Waals surface area contributed by atoms with E-state index < -0.39 is 17.5 Å². The average Bonchev–Trinajstić information content (AvgIpc) is 3.00.